The highest BCUT2D eigenvalue weighted by Crippen LogP contribution is 2.49. The molecule has 1 aromatic rings. The normalized spacial score (nSPS) is 25.2. The van der Waals surface area contributed by atoms with Gasteiger partial charge in [-0.3, -0.25) is 39.2 Å². The lowest BCUT2D eigenvalue weighted by atomic mass is 9.68. The molecule has 6 amide bonds. The number of hydrogen-bond donors (Lipinski definition) is 1. The molecule has 0 radical (unpaired) electrons. The summed E-state index contributed by atoms with van der Waals surface area (Å²) in [6.45, 7) is 4.48. The van der Waals surface area contributed by atoms with Crippen LogP contribution in [0.15, 0.2) is 23.8 Å². The monoisotopic (exact) mass is 523 g/mol. The summed E-state index contributed by atoms with van der Waals surface area (Å²) in [5.74, 6) is -2.02. The second kappa shape index (κ2) is 8.76. The highest BCUT2D eigenvalue weighted by molar-refractivity contribution is 7.80. The number of carbonyl (C=O) groups excluding carboxylic acids is 5. The summed E-state index contributed by atoms with van der Waals surface area (Å²) >= 11 is 5.23. The molecule has 2 atom stereocenters. The molecule has 194 valence electrons. The third kappa shape index (κ3) is 3.51. The maximum atomic E-state index is 13.6. The molecule has 3 saturated heterocycles. The molecule has 10 nitrogen and oxygen atoms in total. The first-order valence-electron chi connectivity index (χ1n) is 12.4. The number of nitrogens with zero attached hydrogens (tertiary/aromatic N) is 4. The number of benzene rings is 1. The van der Waals surface area contributed by atoms with E-state index in [1.807, 2.05) is 32.0 Å². The van der Waals surface area contributed by atoms with Gasteiger partial charge in [-0.2, -0.15) is 0 Å². The first-order chi connectivity index (χ1) is 17.5. The van der Waals surface area contributed by atoms with Crippen LogP contribution in [0.3, 0.4) is 0 Å². The average Bonchev–Trinajstić information content (AvgIpc) is 3.38. The van der Waals surface area contributed by atoms with Crippen molar-refractivity contribution in [3.05, 3.63) is 34.9 Å². The number of urea groups is 1. The van der Waals surface area contributed by atoms with E-state index in [-0.39, 0.29) is 29.2 Å². The number of rotatable bonds is 3. The van der Waals surface area contributed by atoms with E-state index in [1.54, 1.807) is 0 Å². The second-order valence-corrected chi connectivity index (χ2v) is 10.5. The van der Waals surface area contributed by atoms with Crippen LogP contribution >= 0.6 is 12.2 Å². The van der Waals surface area contributed by atoms with E-state index in [0.29, 0.717) is 24.9 Å². The fourth-order valence-electron chi connectivity index (χ4n) is 6.05. The SMILES string of the molecule is CCC(C)N1C(=O)C(=Cc2ccc3c(c2)CC2(C(=O)N(C)C(=O)N(C)C2=O)C2CCCN32)C(=O)NC1=S. The summed E-state index contributed by atoms with van der Waals surface area (Å²) in [4.78, 5) is 71.1. The fraction of sp³-hybridized carbons (Fsp3) is 0.462. The molecule has 4 heterocycles. The molecule has 37 heavy (non-hydrogen) atoms. The van der Waals surface area contributed by atoms with Gasteiger partial charge in [-0.15, -0.1) is 0 Å². The number of nitrogens with one attached hydrogen (secondary N) is 1. The Morgan fingerprint density at radius 3 is 2.46 bits per heavy atom. The van der Waals surface area contributed by atoms with Crippen LogP contribution < -0.4 is 10.2 Å². The van der Waals surface area contributed by atoms with Crippen molar-refractivity contribution >= 4 is 58.8 Å². The molecule has 0 bridgehead atoms. The molecule has 0 aromatic heterocycles. The lowest BCUT2D eigenvalue weighted by Crippen LogP contribution is -2.70. The van der Waals surface area contributed by atoms with E-state index in [1.165, 1.54) is 25.1 Å². The first kappa shape index (κ1) is 25.1. The highest BCUT2D eigenvalue weighted by atomic mass is 32.1. The van der Waals surface area contributed by atoms with Gasteiger partial charge in [-0.25, -0.2) is 4.79 Å². The van der Waals surface area contributed by atoms with Gasteiger partial charge < -0.3 is 4.90 Å². The predicted molar refractivity (Wildman–Crippen MR) is 139 cm³/mol. The molecular weight excluding hydrogens is 494 g/mol. The zero-order chi connectivity index (χ0) is 26.8. The van der Waals surface area contributed by atoms with Crippen molar-refractivity contribution < 1.29 is 24.0 Å². The number of anilines is 1. The maximum absolute atomic E-state index is 13.6. The number of carbonyl (C=O) groups is 5. The molecule has 1 spiro atoms. The topological polar surface area (TPSA) is 110 Å². The zero-order valence-electron chi connectivity index (χ0n) is 21.2. The smallest absolute Gasteiger partial charge is 0.332 e. The van der Waals surface area contributed by atoms with Gasteiger partial charge in [-0.1, -0.05) is 13.0 Å². The number of fused-ring (bicyclic) bond motifs is 4. The third-order valence-electron chi connectivity index (χ3n) is 8.13. The summed E-state index contributed by atoms with van der Waals surface area (Å²) < 4.78 is 0. The predicted octanol–water partition coefficient (Wildman–Crippen LogP) is 1.67. The summed E-state index contributed by atoms with van der Waals surface area (Å²) in [6.07, 6.45) is 3.80. The van der Waals surface area contributed by atoms with Crippen LogP contribution in [0.5, 0.6) is 0 Å². The van der Waals surface area contributed by atoms with E-state index in [4.69, 9.17) is 12.2 Å². The van der Waals surface area contributed by atoms with Crippen LogP contribution in [0.2, 0.25) is 0 Å². The largest absolute Gasteiger partial charge is 0.367 e. The third-order valence-corrected chi connectivity index (χ3v) is 8.42. The molecule has 0 aliphatic carbocycles. The Bertz CT molecular complexity index is 1280. The molecule has 2 unspecified atom stereocenters. The van der Waals surface area contributed by atoms with Crippen LogP contribution in [0.4, 0.5) is 10.5 Å². The van der Waals surface area contributed by atoms with Crippen LogP contribution in [0.25, 0.3) is 6.08 Å². The fourth-order valence-corrected chi connectivity index (χ4v) is 6.40. The maximum Gasteiger partial charge on any atom is 0.332 e. The number of imide groups is 2. The van der Waals surface area contributed by atoms with Gasteiger partial charge in [0.15, 0.2) is 10.5 Å². The molecule has 5 rings (SSSR count). The van der Waals surface area contributed by atoms with Crippen LogP contribution in [-0.2, 0) is 25.6 Å². The van der Waals surface area contributed by atoms with Crippen molar-refractivity contribution in [3.8, 4) is 0 Å². The quantitative estimate of drug-likeness (QED) is 0.278. The number of hydrogen-bond acceptors (Lipinski definition) is 7. The number of barbiturate groups is 1. The van der Waals surface area contributed by atoms with Gasteiger partial charge >= 0.3 is 6.03 Å². The molecule has 11 heteroatoms. The Labute approximate surface area is 220 Å². The van der Waals surface area contributed by atoms with Gasteiger partial charge in [0.2, 0.25) is 11.8 Å². The molecule has 4 aliphatic rings. The van der Waals surface area contributed by atoms with E-state index in [0.717, 1.165) is 27.5 Å². The lowest BCUT2D eigenvalue weighted by molar-refractivity contribution is -0.159. The van der Waals surface area contributed by atoms with Crippen molar-refractivity contribution in [2.75, 3.05) is 25.5 Å². The van der Waals surface area contributed by atoms with Crippen molar-refractivity contribution in [1.29, 1.82) is 0 Å². The Kier molecular flexibility index (Phi) is 5.93. The Morgan fingerprint density at radius 2 is 1.81 bits per heavy atom. The van der Waals surface area contributed by atoms with Crippen molar-refractivity contribution in [1.82, 2.24) is 20.0 Å². The standard InChI is InChI=1S/C26H29N5O5S/c1-5-14(2)31-21(33)17(20(32)27-24(31)37)12-15-8-9-18-16(11-15)13-26(19-7-6-10-30(18)19)22(34)28(3)25(36)29(4)23(26)35/h8-9,11-12,14,19H,5-7,10,13H2,1-4H3,(H,27,32,37). The van der Waals surface area contributed by atoms with E-state index in [9.17, 15) is 24.0 Å². The summed E-state index contributed by atoms with van der Waals surface area (Å²) in [5, 5.41) is 2.69. The molecule has 1 aromatic carbocycles. The molecule has 1 N–H and O–H groups in total. The molecule has 0 saturated carbocycles. The number of thiocarbonyl (C=S) groups is 1. The minimum absolute atomic E-state index is 0.0340. The Balaban J connectivity index is 1.57. The average molecular weight is 524 g/mol. The van der Waals surface area contributed by atoms with Gasteiger partial charge in [0.25, 0.3) is 11.8 Å². The Morgan fingerprint density at radius 1 is 1.14 bits per heavy atom. The van der Waals surface area contributed by atoms with Crippen LogP contribution in [0, 0.1) is 5.41 Å². The van der Waals surface area contributed by atoms with Crippen LogP contribution in [-0.4, -0.2) is 82.2 Å². The van der Waals surface area contributed by atoms with Crippen molar-refractivity contribution in [2.45, 2.75) is 51.6 Å². The van der Waals surface area contributed by atoms with E-state index in [2.05, 4.69) is 10.2 Å². The minimum atomic E-state index is -1.41. The molecule has 4 aliphatic heterocycles. The second-order valence-electron chi connectivity index (χ2n) is 10.1. The highest BCUT2D eigenvalue weighted by Gasteiger charge is 2.63. The molecule has 3 fully saturated rings. The van der Waals surface area contributed by atoms with Gasteiger partial charge in [0.05, 0.1) is 6.04 Å². The van der Waals surface area contributed by atoms with Gasteiger partial charge in [-0.05, 0) is 74.2 Å². The Hall–Kier alpha value is -3.60. The van der Waals surface area contributed by atoms with Gasteiger partial charge in [0, 0.05) is 32.4 Å². The minimum Gasteiger partial charge on any atom is -0.367 e. The van der Waals surface area contributed by atoms with Crippen molar-refractivity contribution in [2.24, 2.45) is 5.41 Å². The first-order valence-corrected chi connectivity index (χ1v) is 12.8. The van der Waals surface area contributed by atoms with E-state index < -0.39 is 35.1 Å². The van der Waals surface area contributed by atoms with E-state index >= 15 is 0 Å². The van der Waals surface area contributed by atoms with Gasteiger partial charge in [0.1, 0.15) is 5.57 Å². The summed E-state index contributed by atoms with van der Waals surface area (Å²) in [5.41, 5.74) is 0.816. The zero-order valence-corrected chi connectivity index (χ0v) is 22.1. The van der Waals surface area contributed by atoms with Crippen LogP contribution in [0.1, 0.15) is 44.2 Å². The summed E-state index contributed by atoms with van der Waals surface area (Å²) in [7, 11) is 2.82. The number of amides is 6. The molecular formula is C26H29N5O5S. The summed E-state index contributed by atoms with van der Waals surface area (Å²) in [6, 6.07) is 4.38. The van der Waals surface area contributed by atoms with Crippen molar-refractivity contribution in [3.63, 3.8) is 0 Å². The lowest BCUT2D eigenvalue weighted by Gasteiger charge is -2.50.